The Morgan fingerprint density at radius 1 is 1.00 bits per heavy atom. The van der Waals surface area contributed by atoms with Gasteiger partial charge in [-0.1, -0.05) is 24.3 Å². The quantitative estimate of drug-likeness (QED) is 0.607. The van der Waals surface area contributed by atoms with E-state index in [0.29, 0.717) is 37.6 Å². The first-order valence-corrected chi connectivity index (χ1v) is 10.4. The highest BCUT2D eigenvalue weighted by molar-refractivity contribution is 5.98. The molecule has 0 bridgehead atoms. The Morgan fingerprint density at radius 3 is 2.31 bits per heavy atom. The molecular weight excluding hydrogens is 423 g/mol. The van der Waals surface area contributed by atoms with E-state index >= 15 is 0 Å². The summed E-state index contributed by atoms with van der Waals surface area (Å²) < 4.78 is 44.0. The number of nitrogens with zero attached hydrogens (tertiary/aromatic N) is 3. The zero-order chi connectivity index (χ0) is 23.1. The number of benzene rings is 2. The molecule has 1 aliphatic rings. The van der Waals surface area contributed by atoms with E-state index < -0.39 is 17.7 Å². The number of ether oxygens (including phenoxy) is 1. The van der Waals surface area contributed by atoms with Crippen LogP contribution in [-0.4, -0.2) is 62.7 Å². The van der Waals surface area contributed by atoms with Crippen molar-refractivity contribution in [3.05, 3.63) is 60.2 Å². The van der Waals surface area contributed by atoms with Crippen molar-refractivity contribution in [3.8, 4) is 0 Å². The molecule has 0 radical (unpaired) electrons. The predicted molar refractivity (Wildman–Crippen MR) is 116 cm³/mol. The Morgan fingerprint density at radius 2 is 1.69 bits per heavy atom. The molecule has 9 heteroatoms. The van der Waals surface area contributed by atoms with Crippen molar-refractivity contribution in [2.24, 2.45) is 0 Å². The van der Waals surface area contributed by atoms with Crippen molar-refractivity contribution in [1.82, 2.24) is 4.90 Å². The van der Waals surface area contributed by atoms with Crippen molar-refractivity contribution in [3.63, 3.8) is 0 Å². The molecule has 0 unspecified atom stereocenters. The molecule has 1 amide bonds. The number of esters is 1. The number of amides is 1. The van der Waals surface area contributed by atoms with Gasteiger partial charge in [0.15, 0.2) is 0 Å². The lowest BCUT2D eigenvalue weighted by atomic mass is 10.1. The largest absolute Gasteiger partial charge is 0.465 e. The third-order valence-corrected chi connectivity index (χ3v) is 5.23. The van der Waals surface area contributed by atoms with Crippen LogP contribution >= 0.6 is 0 Å². The van der Waals surface area contributed by atoms with E-state index in [1.807, 2.05) is 15.9 Å². The molecule has 0 N–H and O–H groups in total. The molecule has 1 saturated heterocycles. The number of halogens is 3. The van der Waals surface area contributed by atoms with Gasteiger partial charge in [0, 0.05) is 37.6 Å². The number of alkyl halides is 3. The molecule has 0 saturated carbocycles. The number of hydrogen-bond donors (Lipinski definition) is 0. The molecule has 3 rings (SSSR count). The highest BCUT2D eigenvalue weighted by Gasteiger charge is 2.31. The predicted octanol–water partition coefficient (Wildman–Crippen LogP) is 3.42. The van der Waals surface area contributed by atoms with Gasteiger partial charge in [-0.2, -0.15) is 13.2 Å². The third-order valence-electron chi connectivity index (χ3n) is 5.23. The fraction of sp³-hybridized carbons (Fsp3) is 0.391. The smallest absolute Gasteiger partial charge is 0.416 e. The molecule has 32 heavy (non-hydrogen) atoms. The normalized spacial score (nSPS) is 14.8. The maximum absolute atomic E-state index is 13.0. The summed E-state index contributed by atoms with van der Waals surface area (Å²) in [5.74, 6) is -0.726. The van der Waals surface area contributed by atoms with Crippen LogP contribution < -0.4 is 9.80 Å². The van der Waals surface area contributed by atoms with Crippen molar-refractivity contribution in [1.29, 1.82) is 0 Å². The second-order valence-corrected chi connectivity index (χ2v) is 7.43. The van der Waals surface area contributed by atoms with Crippen LogP contribution in [-0.2, 0) is 20.5 Å². The van der Waals surface area contributed by atoms with Crippen LogP contribution in [0.2, 0.25) is 0 Å². The average Bonchev–Trinajstić information content (AvgIpc) is 2.78. The molecule has 0 aromatic heterocycles. The van der Waals surface area contributed by atoms with E-state index in [4.69, 9.17) is 4.74 Å². The Kier molecular flexibility index (Phi) is 7.74. The van der Waals surface area contributed by atoms with Gasteiger partial charge >= 0.3 is 12.1 Å². The molecule has 0 spiro atoms. The third kappa shape index (κ3) is 6.23. The molecular formula is C23H26F3N3O3. The first-order valence-electron chi connectivity index (χ1n) is 10.4. The van der Waals surface area contributed by atoms with Crippen molar-refractivity contribution < 1.29 is 27.5 Å². The second kappa shape index (κ2) is 10.5. The fourth-order valence-electron chi connectivity index (χ4n) is 3.59. The minimum absolute atomic E-state index is 0.102. The Bertz CT molecular complexity index is 913. The van der Waals surface area contributed by atoms with E-state index in [-0.39, 0.29) is 25.6 Å². The van der Waals surface area contributed by atoms with Gasteiger partial charge in [0.2, 0.25) is 5.91 Å². The molecule has 0 atom stereocenters. The Hall–Kier alpha value is -3.07. The second-order valence-electron chi connectivity index (χ2n) is 7.43. The van der Waals surface area contributed by atoms with Gasteiger partial charge in [0.25, 0.3) is 0 Å². The lowest BCUT2D eigenvalue weighted by molar-refractivity contribution is -0.142. The average molecular weight is 449 g/mol. The maximum atomic E-state index is 13.0. The van der Waals surface area contributed by atoms with Gasteiger partial charge in [-0.05, 0) is 37.3 Å². The molecule has 6 nitrogen and oxygen atoms in total. The molecule has 0 aliphatic carbocycles. The summed E-state index contributed by atoms with van der Waals surface area (Å²) in [4.78, 5) is 30.2. The topological polar surface area (TPSA) is 53.1 Å². The number of rotatable bonds is 7. The number of anilines is 2. The van der Waals surface area contributed by atoms with Crippen LogP contribution in [0, 0.1) is 0 Å². The fourth-order valence-corrected chi connectivity index (χ4v) is 3.59. The minimum atomic E-state index is -4.38. The first-order chi connectivity index (χ1) is 15.3. The van der Waals surface area contributed by atoms with Crippen LogP contribution in [0.5, 0.6) is 0 Å². The lowest BCUT2D eigenvalue weighted by Gasteiger charge is -2.36. The first kappa shape index (κ1) is 23.6. The summed E-state index contributed by atoms with van der Waals surface area (Å²) >= 11 is 0. The number of piperazine rings is 1. The maximum Gasteiger partial charge on any atom is 0.416 e. The Balaban J connectivity index is 1.61. The van der Waals surface area contributed by atoms with Gasteiger partial charge in [-0.25, -0.2) is 0 Å². The van der Waals surface area contributed by atoms with Crippen molar-refractivity contribution >= 4 is 23.3 Å². The number of para-hydroxylation sites is 1. The van der Waals surface area contributed by atoms with Gasteiger partial charge < -0.3 is 14.5 Å². The number of carbonyl (C=O) groups is 2. The van der Waals surface area contributed by atoms with Crippen LogP contribution in [0.25, 0.3) is 0 Å². The van der Waals surface area contributed by atoms with Gasteiger partial charge in [0.05, 0.1) is 18.7 Å². The lowest BCUT2D eigenvalue weighted by Crippen LogP contribution is -2.51. The molecule has 1 aliphatic heterocycles. The monoisotopic (exact) mass is 449 g/mol. The minimum Gasteiger partial charge on any atom is -0.465 e. The zero-order valence-corrected chi connectivity index (χ0v) is 17.8. The standard InChI is InChI=1S/C23H26F3N3O3/c1-2-32-22(31)17-29(19-8-4-3-5-9-19)21(30)16-27-11-13-28(14-12-27)20-10-6-7-18(15-20)23(24,25)26/h3-10,15H,2,11-14,16-17H2,1H3. The molecule has 2 aromatic carbocycles. The Labute approximate surface area is 185 Å². The summed E-state index contributed by atoms with van der Waals surface area (Å²) in [6, 6.07) is 14.2. The number of carbonyl (C=O) groups excluding carboxylic acids is 2. The highest BCUT2D eigenvalue weighted by Crippen LogP contribution is 2.31. The SMILES string of the molecule is CCOC(=O)CN(C(=O)CN1CCN(c2cccc(C(F)(F)F)c2)CC1)c1ccccc1. The molecule has 172 valence electrons. The van der Waals surface area contributed by atoms with Crippen molar-refractivity contribution in [2.45, 2.75) is 13.1 Å². The van der Waals surface area contributed by atoms with Gasteiger partial charge in [-0.15, -0.1) is 0 Å². The summed E-state index contributed by atoms with van der Waals surface area (Å²) in [7, 11) is 0. The van der Waals surface area contributed by atoms with Crippen molar-refractivity contribution in [2.75, 3.05) is 55.7 Å². The van der Waals surface area contributed by atoms with Crippen LogP contribution in [0.1, 0.15) is 12.5 Å². The van der Waals surface area contributed by atoms with E-state index in [9.17, 15) is 22.8 Å². The van der Waals surface area contributed by atoms with Crippen LogP contribution in [0.3, 0.4) is 0 Å². The summed E-state index contributed by atoms with van der Waals surface area (Å²) in [5.41, 5.74) is 0.442. The van der Waals surface area contributed by atoms with E-state index in [0.717, 1.165) is 12.1 Å². The summed E-state index contributed by atoms with van der Waals surface area (Å²) in [6.07, 6.45) is -4.38. The summed E-state index contributed by atoms with van der Waals surface area (Å²) in [5, 5.41) is 0. The summed E-state index contributed by atoms with van der Waals surface area (Å²) in [6.45, 7) is 3.89. The highest BCUT2D eigenvalue weighted by atomic mass is 19.4. The van der Waals surface area contributed by atoms with Gasteiger partial charge in [-0.3, -0.25) is 14.5 Å². The van der Waals surface area contributed by atoms with E-state index in [1.54, 1.807) is 37.3 Å². The van der Waals surface area contributed by atoms with Crippen LogP contribution in [0.4, 0.5) is 24.5 Å². The molecule has 1 heterocycles. The molecule has 2 aromatic rings. The van der Waals surface area contributed by atoms with E-state index in [1.165, 1.54) is 11.0 Å². The zero-order valence-electron chi connectivity index (χ0n) is 17.8. The molecule has 1 fully saturated rings. The van der Waals surface area contributed by atoms with Crippen LogP contribution in [0.15, 0.2) is 54.6 Å². The van der Waals surface area contributed by atoms with E-state index in [2.05, 4.69) is 0 Å². The number of hydrogen-bond acceptors (Lipinski definition) is 5. The van der Waals surface area contributed by atoms with Gasteiger partial charge in [0.1, 0.15) is 6.54 Å².